The molecule has 0 spiro atoms. The Labute approximate surface area is 125 Å². The molecule has 0 fully saturated rings. The number of hydrogen-bond acceptors (Lipinski definition) is 0. The van der Waals surface area contributed by atoms with Gasteiger partial charge in [-0.2, -0.15) is 0 Å². The highest BCUT2D eigenvalue weighted by molar-refractivity contribution is 8.52. The summed E-state index contributed by atoms with van der Waals surface area (Å²) in [4.78, 5) is -1.31. The van der Waals surface area contributed by atoms with Gasteiger partial charge in [0.2, 0.25) is 9.84 Å². The van der Waals surface area contributed by atoms with Crippen LogP contribution in [-0.4, -0.2) is 0 Å². The van der Waals surface area contributed by atoms with Crippen molar-refractivity contribution >= 4 is 26.5 Å². The summed E-state index contributed by atoms with van der Waals surface area (Å²) in [5, 5.41) is -1.06. The molecule has 0 N–H and O–H groups in total. The summed E-state index contributed by atoms with van der Waals surface area (Å²) in [5.74, 6) is 0. The summed E-state index contributed by atoms with van der Waals surface area (Å²) in [6.45, 7) is 1.63. The van der Waals surface area contributed by atoms with Gasteiger partial charge in [0.05, 0.1) is 15.3 Å². The third kappa shape index (κ3) is 3.60. The Hall–Kier alpha value is -1.46. The lowest BCUT2D eigenvalue weighted by atomic mass is 10.2. The molecule has 0 atom stereocenters. The molecule has 0 aliphatic carbocycles. The third-order valence-corrected chi connectivity index (χ3v) is 5.33. The second-order valence-corrected chi connectivity index (χ2v) is 8.16. The second-order valence-electron chi connectivity index (χ2n) is 4.78. The molecule has 0 nitrogen and oxygen atoms in total. The standard InChI is InChI=1S/C15H13ClF4S/c1-12-7-9-14(10-8-12)21(17,18,19,20)11-15(16)13-5-3-2-4-6-13/h2-11H,1H3/b15-11+. The van der Waals surface area contributed by atoms with Crippen molar-refractivity contribution in [2.45, 2.75) is 11.8 Å². The van der Waals surface area contributed by atoms with E-state index in [-0.39, 0.29) is 11.0 Å². The molecule has 0 heterocycles. The average molecular weight is 337 g/mol. The van der Waals surface area contributed by atoms with Gasteiger partial charge in [0.1, 0.15) is 0 Å². The van der Waals surface area contributed by atoms with Crippen molar-refractivity contribution in [2.24, 2.45) is 0 Å². The largest absolute Gasteiger partial charge is 0.205 e. The maximum absolute atomic E-state index is 14.2. The van der Waals surface area contributed by atoms with Crippen LogP contribution in [0.25, 0.3) is 5.03 Å². The van der Waals surface area contributed by atoms with Crippen LogP contribution in [0.4, 0.5) is 15.5 Å². The van der Waals surface area contributed by atoms with E-state index in [4.69, 9.17) is 11.6 Å². The Morgan fingerprint density at radius 3 is 1.95 bits per heavy atom. The number of aryl methyl sites for hydroxylation is 1. The fraction of sp³-hybridized carbons (Fsp3) is 0.0667. The SMILES string of the molecule is Cc1ccc(S(F)(F)(F)(F)/C=C(/Cl)c2ccccc2)cc1. The zero-order chi connectivity index (χ0) is 15.8. The highest BCUT2D eigenvalue weighted by Crippen LogP contribution is 3.02. The molecule has 21 heavy (non-hydrogen) atoms. The molecular weight excluding hydrogens is 324 g/mol. The highest BCUT2D eigenvalue weighted by atomic mass is 35.5. The minimum Gasteiger partial charge on any atom is -0.117 e. The fourth-order valence-electron chi connectivity index (χ4n) is 1.76. The molecule has 0 aliphatic rings. The summed E-state index contributed by atoms with van der Waals surface area (Å²) in [7, 11) is -8.57. The predicted molar refractivity (Wildman–Crippen MR) is 81.7 cm³/mol. The van der Waals surface area contributed by atoms with Crippen LogP contribution in [0.1, 0.15) is 11.1 Å². The lowest BCUT2D eigenvalue weighted by Crippen LogP contribution is -2.10. The van der Waals surface area contributed by atoms with E-state index in [2.05, 4.69) is 0 Å². The number of halogens is 5. The molecule has 2 aromatic rings. The van der Waals surface area contributed by atoms with Crippen molar-refractivity contribution in [3.8, 4) is 0 Å². The molecule has 0 saturated heterocycles. The van der Waals surface area contributed by atoms with Crippen molar-refractivity contribution in [1.82, 2.24) is 0 Å². The maximum Gasteiger partial charge on any atom is 0.205 e. The normalized spacial score (nSPS) is 16.2. The van der Waals surface area contributed by atoms with Crippen molar-refractivity contribution in [2.75, 3.05) is 0 Å². The molecular formula is C15H13ClF4S. The molecule has 0 aliphatic heterocycles. The van der Waals surface area contributed by atoms with Crippen LogP contribution in [0.5, 0.6) is 0 Å². The summed E-state index contributed by atoms with van der Waals surface area (Å²) >= 11 is 5.68. The second kappa shape index (κ2) is 4.52. The van der Waals surface area contributed by atoms with Gasteiger partial charge in [-0.25, -0.2) is 0 Å². The molecule has 0 radical (unpaired) electrons. The Kier molecular flexibility index (Phi) is 3.42. The zero-order valence-corrected chi connectivity index (χ0v) is 12.6. The Bertz CT molecular complexity index is 687. The summed E-state index contributed by atoms with van der Waals surface area (Å²) < 4.78 is 56.9. The molecule has 2 aromatic carbocycles. The first kappa shape index (κ1) is 15.9. The van der Waals surface area contributed by atoms with Crippen molar-refractivity contribution in [3.63, 3.8) is 0 Å². The van der Waals surface area contributed by atoms with Gasteiger partial charge < -0.3 is 0 Å². The first-order chi connectivity index (χ1) is 9.50. The van der Waals surface area contributed by atoms with E-state index in [1.54, 1.807) is 13.0 Å². The van der Waals surface area contributed by atoms with Crippen molar-refractivity contribution in [1.29, 1.82) is 0 Å². The van der Waals surface area contributed by atoms with Crippen LogP contribution in [0.15, 0.2) is 64.9 Å². The van der Waals surface area contributed by atoms with Crippen LogP contribution in [-0.2, 0) is 0 Å². The first-order valence-electron chi connectivity index (χ1n) is 6.02. The van der Waals surface area contributed by atoms with Gasteiger partial charge in [-0.3, -0.25) is 0 Å². The van der Waals surface area contributed by atoms with Crippen LogP contribution in [0.3, 0.4) is 0 Å². The molecule has 0 bridgehead atoms. The molecule has 0 unspecified atom stereocenters. The topological polar surface area (TPSA) is 0 Å². The molecule has 0 saturated carbocycles. The average Bonchev–Trinajstić information content (AvgIpc) is 2.38. The molecule has 2 rings (SSSR count). The van der Waals surface area contributed by atoms with Crippen molar-refractivity contribution < 1.29 is 15.5 Å². The Morgan fingerprint density at radius 2 is 1.43 bits per heavy atom. The maximum atomic E-state index is 14.2. The van der Waals surface area contributed by atoms with Gasteiger partial charge in [0.15, 0.2) is 0 Å². The molecule has 114 valence electrons. The molecule has 0 aromatic heterocycles. The predicted octanol–water partition coefficient (Wildman–Crippen LogP) is 7.01. The van der Waals surface area contributed by atoms with Crippen LogP contribution in [0, 0.1) is 6.92 Å². The Balaban J connectivity index is 2.59. The van der Waals surface area contributed by atoms with Gasteiger partial charge in [0, 0.05) is 0 Å². The summed E-state index contributed by atoms with van der Waals surface area (Å²) in [6, 6.07) is 11.4. The van der Waals surface area contributed by atoms with Crippen LogP contribution < -0.4 is 0 Å². The van der Waals surface area contributed by atoms with E-state index in [0.29, 0.717) is 5.56 Å². The van der Waals surface area contributed by atoms with E-state index < -0.39 is 19.8 Å². The van der Waals surface area contributed by atoms with Gasteiger partial charge in [-0.05, 0) is 24.6 Å². The minimum atomic E-state index is -8.57. The smallest absolute Gasteiger partial charge is 0.117 e. The van der Waals surface area contributed by atoms with E-state index >= 15 is 0 Å². The number of rotatable bonds is 3. The van der Waals surface area contributed by atoms with Crippen molar-refractivity contribution in [3.05, 3.63) is 71.1 Å². The van der Waals surface area contributed by atoms with E-state index in [1.807, 2.05) is 0 Å². The van der Waals surface area contributed by atoms with E-state index in [9.17, 15) is 15.5 Å². The van der Waals surface area contributed by atoms with E-state index in [0.717, 1.165) is 12.1 Å². The number of hydrogen-bond donors (Lipinski definition) is 0. The lowest BCUT2D eigenvalue weighted by molar-refractivity contribution is 0.466. The van der Waals surface area contributed by atoms with Gasteiger partial charge >= 0.3 is 0 Å². The highest BCUT2D eigenvalue weighted by Gasteiger charge is 2.62. The molecule has 6 heteroatoms. The van der Waals surface area contributed by atoms with Gasteiger partial charge in [-0.1, -0.05) is 59.6 Å². The van der Waals surface area contributed by atoms with Gasteiger partial charge in [0.25, 0.3) is 0 Å². The monoisotopic (exact) mass is 336 g/mol. The summed E-state index contributed by atoms with van der Waals surface area (Å²) in [5.41, 5.74) is 0.729. The Morgan fingerprint density at radius 1 is 0.905 bits per heavy atom. The zero-order valence-electron chi connectivity index (χ0n) is 11.1. The van der Waals surface area contributed by atoms with Crippen LogP contribution >= 0.6 is 21.4 Å². The minimum absolute atomic E-state index is 0.113. The van der Waals surface area contributed by atoms with Crippen LogP contribution in [0.2, 0.25) is 0 Å². The third-order valence-electron chi connectivity index (χ3n) is 2.90. The van der Waals surface area contributed by atoms with E-state index in [1.165, 1.54) is 36.4 Å². The first-order valence-corrected chi connectivity index (χ1v) is 8.51. The quantitative estimate of drug-likeness (QED) is 0.529. The van der Waals surface area contributed by atoms with Gasteiger partial charge in [-0.15, -0.1) is 15.5 Å². The summed E-state index contributed by atoms with van der Waals surface area (Å²) in [6.07, 6.45) is 0. The molecule has 0 amide bonds. The lowest BCUT2D eigenvalue weighted by Gasteiger charge is -2.47. The fourth-order valence-corrected chi connectivity index (χ4v) is 3.82. The number of benzene rings is 2.